The summed E-state index contributed by atoms with van der Waals surface area (Å²) in [6, 6.07) is 10.7. The van der Waals surface area contributed by atoms with Crippen LogP contribution in [-0.4, -0.2) is 7.11 Å². The van der Waals surface area contributed by atoms with Crippen LogP contribution in [-0.2, 0) is 0 Å². The summed E-state index contributed by atoms with van der Waals surface area (Å²) in [6.45, 7) is 1.95. The van der Waals surface area contributed by atoms with E-state index < -0.39 is 0 Å². The smallest absolute Gasteiger partial charge is 0.165 e. The second-order valence-corrected chi connectivity index (χ2v) is 5.59. The minimum absolute atomic E-state index is 0.106. The van der Waals surface area contributed by atoms with Crippen LogP contribution in [0, 0.1) is 12.7 Å². The monoisotopic (exact) mass is 342 g/mol. The van der Waals surface area contributed by atoms with Gasteiger partial charge in [-0.25, -0.2) is 4.39 Å². The molecule has 1 unspecified atom stereocenters. The fourth-order valence-corrected chi connectivity index (χ4v) is 2.56. The summed E-state index contributed by atoms with van der Waals surface area (Å²) in [7, 11) is 1.45. The number of alkyl halides is 1. The van der Waals surface area contributed by atoms with E-state index in [2.05, 4.69) is 15.9 Å². The number of ether oxygens (including phenoxy) is 1. The second-order valence-electron chi connectivity index (χ2n) is 4.27. The molecule has 0 aromatic heterocycles. The van der Waals surface area contributed by atoms with Crippen LogP contribution in [0.3, 0.4) is 0 Å². The largest absolute Gasteiger partial charge is 0.494 e. The van der Waals surface area contributed by atoms with Crippen LogP contribution < -0.4 is 4.74 Å². The molecule has 0 aliphatic rings. The normalized spacial score (nSPS) is 12.3. The minimum Gasteiger partial charge on any atom is -0.494 e. The molecule has 2 rings (SSSR count). The van der Waals surface area contributed by atoms with Gasteiger partial charge in [0.25, 0.3) is 0 Å². The van der Waals surface area contributed by atoms with Crippen LogP contribution in [0.4, 0.5) is 4.39 Å². The molecule has 0 saturated heterocycles. The summed E-state index contributed by atoms with van der Waals surface area (Å²) in [4.78, 5) is -0.106. The van der Waals surface area contributed by atoms with Gasteiger partial charge in [0.2, 0.25) is 0 Å². The van der Waals surface area contributed by atoms with Crippen molar-refractivity contribution in [1.82, 2.24) is 0 Å². The Morgan fingerprint density at radius 2 is 1.79 bits per heavy atom. The van der Waals surface area contributed by atoms with Gasteiger partial charge in [0.05, 0.1) is 11.9 Å². The average Bonchev–Trinajstić information content (AvgIpc) is 2.41. The molecular weight excluding hydrogens is 331 g/mol. The van der Waals surface area contributed by atoms with Crippen LogP contribution >= 0.6 is 27.5 Å². The summed E-state index contributed by atoms with van der Waals surface area (Å²) >= 11 is 9.68. The number of hydrogen-bond donors (Lipinski definition) is 0. The number of hydrogen-bond acceptors (Lipinski definition) is 1. The Morgan fingerprint density at radius 1 is 1.16 bits per heavy atom. The third-order valence-corrected chi connectivity index (χ3v) is 4.42. The highest BCUT2D eigenvalue weighted by Crippen LogP contribution is 2.34. The lowest BCUT2D eigenvalue weighted by molar-refractivity contribution is 0.386. The third kappa shape index (κ3) is 3.10. The SMILES string of the molecule is COc1ccc(C(Br)c2ccc(C)c(Cl)c2)cc1F. The first-order valence-corrected chi connectivity index (χ1v) is 7.06. The van der Waals surface area contributed by atoms with Crippen LogP contribution in [0.1, 0.15) is 21.5 Å². The van der Waals surface area contributed by atoms with Crippen molar-refractivity contribution in [2.75, 3.05) is 7.11 Å². The van der Waals surface area contributed by atoms with Gasteiger partial charge in [-0.1, -0.05) is 45.7 Å². The lowest BCUT2D eigenvalue weighted by atomic mass is 10.0. The highest BCUT2D eigenvalue weighted by molar-refractivity contribution is 9.09. The van der Waals surface area contributed by atoms with Crippen molar-refractivity contribution in [3.05, 3.63) is 63.9 Å². The zero-order chi connectivity index (χ0) is 14.0. The van der Waals surface area contributed by atoms with E-state index in [1.54, 1.807) is 6.07 Å². The average molecular weight is 344 g/mol. The molecule has 4 heteroatoms. The zero-order valence-electron chi connectivity index (χ0n) is 10.6. The van der Waals surface area contributed by atoms with Gasteiger partial charge in [-0.3, -0.25) is 0 Å². The quantitative estimate of drug-likeness (QED) is 0.689. The molecule has 19 heavy (non-hydrogen) atoms. The molecule has 2 aromatic rings. The van der Waals surface area contributed by atoms with Gasteiger partial charge < -0.3 is 4.74 Å². The molecule has 0 heterocycles. The van der Waals surface area contributed by atoms with Crippen LogP contribution in [0.2, 0.25) is 5.02 Å². The number of aryl methyl sites for hydroxylation is 1. The molecule has 2 aromatic carbocycles. The molecule has 0 N–H and O–H groups in total. The van der Waals surface area contributed by atoms with E-state index in [0.717, 1.165) is 16.7 Å². The summed E-state index contributed by atoms with van der Waals surface area (Å²) < 4.78 is 18.6. The van der Waals surface area contributed by atoms with Gasteiger partial charge in [0, 0.05) is 5.02 Å². The first-order valence-electron chi connectivity index (χ1n) is 5.76. The lowest BCUT2D eigenvalue weighted by Crippen LogP contribution is -1.96. The zero-order valence-corrected chi connectivity index (χ0v) is 12.9. The van der Waals surface area contributed by atoms with Crippen LogP contribution in [0.15, 0.2) is 36.4 Å². The Kier molecular flexibility index (Phi) is 4.48. The Hall–Kier alpha value is -1.06. The van der Waals surface area contributed by atoms with Gasteiger partial charge in [0.1, 0.15) is 0 Å². The van der Waals surface area contributed by atoms with E-state index in [1.165, 1.54) is 13.2 Å². The summed E-state index contributed by atoms with van der Waals surface area (Å²) in [6.07, 6.45) is 0. The van der Waals surface area contributed by atoms with E-state index in [4.69, 9.17) is 16.3 Å². The van der Waals surface area contributed by atoms with Crippen molar-refractivity contribution in [2.24, 2.45) is 0 Å². The topological polar surface area (TPSA) is 9.23 Å². The summed E-state index contributed by atoms with van der Waals surface area (Å²) in [5.41, 5.74) is 2.82. The van der Waals surface area contributed by atoms with Crippen LogP contribution in [0.5, 0.6) is 5.75 Å². The molecule has 1 nitrogen and oxygen atoms in total. The van der Waals surface area contributed by atoms with Crippen molar-refractivity contribution in [3.63, 3.8) is 0 Å². The standard InChI is InChI=1S/C15H13BrClFO/c1-9-3-4-10(7-12(9)17)15(16)11-5-6-14(19-2)13(18)8-11/h3-8,15H,1-2H3. The molecule has 0 saturated carbocycles. The van der Waals surface area contributed by atoms with Gasteiger partial charge in [0.15, 0.2) is 11.6 Å². The second kappa shape index (κ2) is 5.93. The minimum atomic E-state index is -0.373. The highest BCUT2D eigenvalue weighted by atomic mass is 79.9. The predicted molar refractivity (Wildman–Crippen MR) is 79.9 cm³/mol. The summed E-state index contributed by atoms with van der Waals surface area (Å²) in [5.74, 6) is -0.131. The molecular formula is C15H13BrClFO. The van der Waals surface area contributed by atoms with Gasteiger partial charge >= 0.3 is 0 Å². The molecule has 0 fully saturated rings. The van der Waals surface area contributed by atoms with Crippen molar-refractivity contribution in [1.29, 1.82) is 0 Å². The van der Waals surface area contributed by atoms with E-state index >= 15 is 0 Å². The van der Waals surface area contributed by atoms with E-state index in [-0.39, 0.29) is 16.4 Å². The molecule has 0 amide bonds. The van der Waals surface area contributed by atoms with Crippen molar-refractivity contribution in [3.8, 4) is 5.75 Å². The van der Waals surface area contributed by atoms with Gasteiger partial charge in [-0.2, -0.15) is 0 Å². The van der Waals surface area contributed by atoms with Crippen molar-refractivity contribution < 1.29 is 9.13 Å². The first kappa shape index (κ1) is 14.4. The predicted octanol–water partition coefficient (Wildman–Crippen LogP) is 5.28. The summed E-state index contributed by atoms with van der Waals surface area (Å²) in [5, 5.41) is 0.705. The molecule has 100 valence electrons. The molecule has 0 aliphatic carbocycles. The van der Waals surface area contributed by atoms with Gasteiger partial charge in [-0.15, -0.1) is 0 Å². The maximum atomic E-state index is 13.7. The number of rotatable bonds is 3. The lowest BCUT2D eigenvalue weighted by Gasteiger charge is -2.13. The Labute approximate surface area is 125 Å². The molecule has 1 atom stereocenters. The molecule has 0 radical (unpaired) electrons. The van der Waals surface area contributed by atoms with E-state index in [0.29, 0.717) is 5.02 Å². The maximum Gasteiger partial charge on any atom is 0.165 e. The number of methoxy groups -OCH3 is 1. The number of halogens is 3. The fourth-order valence-electron chi connectivity index (χ4n) is 1.80. The van der Waals surface area contributed by atoms with Gasteiger partial charge in [-0.05, 0) is 41.8 Å². The molecule has 0 bridgehead atoms. The Morgan fingerprint density at radius 3 is 2.37 bits per heavy atom. The molecule has 0 spiro atoms. The van der Waals surface area contributed by atoms with Crippen LogP contribution in [0.25, 0.3) is 0 Å². The highest BCUT2D eigenvalue weighted by Gasteiger charge is 2.14. The third-order valence-electron chi connectivity index (χ3n) is 2.96. The Balaban J connectivity index is 2.35. The van der Waals surface area contributed by atoms with E-state index in [9.17, 15) is 4.39 Å². The molecule has 0 aliphatic heterocycles. The van der Waals surface area contributed by atoms with Crippen molar-refractivity contribution in [2.45, 2.75) is 11.8 Å². The maximum absolute atomic E-state index is 13.7. The fraction of sp³-hybridized carbons (Fsp3) is 0.200. The van der Waals surface area contributed by atoms with E-state index in [1.807, 2.05) is 31.2 Å². The first-order chi connectivity index (χ1) is 9.02. The Bertz CT molecular complexity index is 601. The van der Waals surface area contributed by atoms with Crippen molar-refractivity contribution >= 4 is 27.5 Å². The number of benzene rings is 2.